The summed E-state index contributed by atoms with van der Waals surface area (Å²) < 4.78 is 9.92. The number of ether oxygens (including phenoxy) is 1. The van der Waals surface area contributed by atoms with E-state index >= 15 is 0 Å². The molecule has 0 radical (unpaired) electrons. The fourth-order valence-corrected chi connectivity index (χ4v) is 1.39. The Morgan fingerprint density at radius 2 is 2.24 bits per heavy atom. The van der Waals surface area contributed by atoms with Crippen LogP contribution in [0, 0.1) is 0 Å². The zero-order valence-corrected chi connectivity index (χ0v) is 10.6. The van der Waals surface area contributed by atoms with Crippen LogP contribution in [0.15, 0.2) is 4.52 Å². The Morgan fingerprint density at radius 3 is 2.88 bits per heavy atom. The molecule has 96 valence electrons. The highest BCUT2D eigenvalue weighted by molar-refractivity contribution is 5.71. The maximum absolute atomic E-state index is 11.2. The molecule has 17 heavy (non-hydrogen) atoms. The lowest BCUT2D eigenvalue weighted by molar-refractivity contribution is -0.144. The van der Waals surface area contributed by atoms with Gasteiger partial charge in [0, 0.05) is 6.42 Å². The Morgan fingerprint density at radius 1 is 1.47 bits per heavy atom. The van der Waals surface area contributed by atoms with Gasteiger partial charge in [0.15, 0.2) is 5.82 Å². The first-order valence-electron chi connectivity index (χ1n) is 5.81. The van der Waals surface area contributed by atoms with E-state index in [0.29, 0.717) is 24.9 Å². The van der Waals surface area contributed by atoms with Crippen LogP contribution >= 0.6 is 0 Å². The van der Waals surface area contributed by atoms with Crippen LogP contribution < -0.4 is 0 Å². The summed E-state index contributed by atoms with van der Waals surface area (Å²) in [5, 5.41) is 3.85. The smallest absolute Gasteiger partial charge is 0.320 e. The maximum Gasteiger partial charge on any atom is 0.320 e. The van der Waals surface area contributed by atoms with Crippen molar-refractivity contribution >= 4 is 5.97 Å². The van der Waals surface area contributed by atoms with Gasteiger partial charge in [0.1, 0.15) is 0 Å². The highest BCUT2D eigenvalue weighted by Gasteiger charge is 2.12. The fourth-order valence-electron chi connectivity index (χ4n) is 1.39. The lowest BCUT2D eigenvalue weighted by atomic mass is 10.3. The van der Waals surface area contributed by atoms with E-state index in [1.807, 2.05) is 0 Å². The zero-order chi connectivity index (χ0) is 12.7. The molecule has 0 N–H and O–H groups in total. The summed E-state index contributed by atoms with van der Waals surface area (Å²) in [5.41, 5.74) is 0. The molecular weight excluding hydrogens is 222 g/mol. The maximum atomic E-state index is 11.2. The molecule has 0 spiro atoms. The molecule has 0 aliphatic rings. The van der Waals surface area contributed by atoms with Crippen LogP contribution in [-0.4, -0.2) is 41.2 Å². The van der Waals surface area contributed by atoms with Gasteiger partial charge in [-0.3, -0.25) is 9.69 Å². The van der Waals surface area contributed by atoms with Gasteiger partial charge in [0.05, 0.1) is 19.7 Å². The third-order valence-corrected chi connectivity index (χ3v) is 2.09. The molecule has 0 saturated heterocycles. The minimum atomic E-state index is -0.247. The summed E-state index contributed by atoms with van der Waals surface area (Å²) in [6.45, 7) is 4.92. The van der Waals surface area contributed by atoms with Gasteiger partial charge in [-0.25, -0.2) is 0 Å². The topological polar surface area (TPSA) is 68.5 Å². The van der Waals surface area contributed by atoms with Crippen LogP contribution in [-0.2, 0) is 22.5 Å². The molecule has 0 unspecified atom stereocenters. The number of rotatable bonds is 7. The lowest BCUT2D eigenvalue weighted by Crippen LogP contribution is -2.27. The molecule has 0 aliphatic heterocycles. The van der Waals surface area contributed by atoms with Gasteiger partial charge >= 0.3 is 5.97 Å². The molecule has 0 amide bonds. The van der Waals surface area contributed by atoms with E-state index < -0.39 is 0 Å². The fraction of sp³-hybridized carbons (Fsp3) is 0.727. The van der Waals surface area contributed by atoms with Crippen LogP contribution in [0.5, 0.6) is 0 Å². The third-order valence-electron chi connectivity index (χ3n) is 2.09. The van der Waals surface area contributed by atoms with Crippen molar-refractivity contribution in [3.63, 3.8) is 0 Å². The van der Waals surface area contributed by atoms with E-state index in [0.717, 1.165) is 12.8 Å². The van der Waals surface area contributed by atoms with Crippen molar-refractivity contribution in [1.82, 2.24) is 15.0 Å². The Hall–Kier alpha value is -1.43. The summed E-state index contributed by atoms with van der Waals surface area (Å²) in [4.78, 5) is 17.2. The third kappa shape index (κ3) is 4.95. The molecule has 1 heterocycles. The van der Waals surface area contributed by atoms with Gasteiger partial charge in [-0.15, -0.1) is 0 Å². The summed E-state index contributed by atoms with van der Waals surface area (Å²) in [5.74, 6) is 0.996. The second kappa shape index (κ2) is 7.01. The normalized spacial score (nSPS) is 10.8. The largest absolute Gasteiger partial charge is 0.465 e. The van der Waals surface area contributed by atoms with Crippen LogP contribution in [0.25, 0.3) is 0 Å². The summed E-state index contributed by atoms with van der Waals surface area (Å²) in [7, 11) is 1.81. The molecule has 0 fully saturated rings. The van der Waals surface area contributed by atoms with Crippen LogP contribution in [0.1, 0.15) is 32.0 Å². The van der Waals surface area contributed by atoms with E-state index in [9.17, 15) is 4.79 Å². The quantitative estimate of drug-likeness (QED) is 0.664. The molecule has 0 bridgehead atoms. The van der Waals surface area contributed by atoms with Crippen molar-refractivity contribution in [3.8, 4) is 0 Å². The first-order chi connectivity index (χ1) is 8.15. The molecule has 0 aliphatic carbocycles. The number of esters is 1. The van der Waals surface area contributed by atoms with E-state index in [4.69, 9.17) is 9.26 Å². The SMILES string of the molecule is CCCc1noc(CN(C)CC(=O)OCC)n1. The van der Waals surface area contributed by atoms with E-state index in [1.54, 1.807) is 18.9 Å². The molecular formula is C11H19N3O3. The average Bonchev–Trinajstić information content (AvgIpc) is 2.66. The summed E-state index contributed by atoms with van der Waals surface area (Å²) in [6.07, 6.45) is 1.79. The highest BCUT2D eigenvalue weighted by Crippen LogP contribution is 2.03. The summed E-state index contributed by atoms with van der Waals surface area (Å²) in [6, 6.07) is 0. The minimum absolute atomic E-state index is 0.222. The standard InChI is InChI=1S/C11H19N3O3/c1-4-6-9-12-10(17-13-9)7-14(3)8-11(15)16-5-2/h4-8H2,1-3H3. The van der Waals surface area contributed by atoms with Crippen LogP contribution in [0.4, 0.5) is 0 Å². The van der Waals surface area contributed by atoms with E-state index in [2.05, 4.69) is 17.1 Å². The number of nitrogens with zero attached hydrogens (tertiary/aromatic N) is 3. The second-order valence-electron chi connectivity index (χ2n) is 3.83. The Balaban J connectivity index is 2.38. The molecule has 0 atom stereocenters. The Labute approximate surface area is 101 Å². The molecule has 6 heteroatoms. The predicted molar refractivity (Wildman–Crippen MR) is 61.3 cm³/mol. The van der Waals surface area contributed by atoms with Crippen LogP contribution in [0.3, 0.4) is 0 Å². The van der Waals surface area contributed by atoms with Crippen molar-refractivity contribution in [2.24, 2.45) is 0 Å². The number of likely N-dealkylation sites (N-methyl/N-ethyl adjacent to an activating group) is 1. The highest BCUT2D eigenvalue weighted by atomic mass is 16.5. The van der Waals surface area contributed by atoms with Gasteiger partial charge in [0.2, 0.25) is 5.89 Å². The van der Waals surface area contributed by atoms with Crippen molar-refractivity contribution in [1.29, 1.82) is 0 Å². The molecule has 0 aromatic carbocycles. The van der Waals surface area contributed by atoms with Crippen LogP contribution in [0.2, 0.25) is 0 Å². The van der Waals surface area contributed by atoms with E-state index in [-0.39, 0.29) is 12.5 Å². The first-order valence-corrected chi connectivity index (χ1v) is 5.81. The van der Waals surface area contributed by atoms with Crippen molar-refractivity contribution in [3.05, 3.63) is 11.7 Å². The Kier molecular flexibility index (Phi) is 5.62. The average molecular weight is 241 g/mol. The molecule has 1 aromatic heterocycles. The number of aryl methyl sites for hydroxylation is 1. The van der Waals surface area contributed by atoms with Gasteiger partial charge in [-0.05, 0) is 20.4 Å². The van der Waals surface area contributed by atoms with Gasteiger partial charge in [-0.1, -0.05) is 12.1 Å². The Bertz CT molecular complexity index is 351. The van der Waals surface area contributed by atoms with Gasteiger partial charge in [0.25, 0.3) is 0 Å². The van der Waals surface area contributed by atoms with Crippen molar-refractivity contribution in [2.45, 2.75) is 33.2 Å². The van der Waals surface area contributed by atoms with Crippen molar-refractivity contribution in [2.75, 3.05) is 20.2 Å². The minimum Gasteiger partial charge on any atom is -0.465 e. The second-order valence-corrected chi connectivity index (χ2v) is 3.83. The monoisotopic (exact) mass is 241 g/mol. The molecule has 0 saturated carbocycles. The van der Waals surface area contributed by atoms with Crippen molar-refractivity contribution < 1.29 is 14.1 Å². The number of hydrogen-bond donors (Lipinski definition) is 0. The van der Waals surface area contributed by atoms with E-state index in [1.165, 1.54) is 0 Å². The van der Waals surface area contributed by atoms with Gasteiger partial charge < -0.3 is 9.26 Å². The molecule has 1 rings (SSSR count). The van der Waals surface area contributed by atoms with Gasteiger partial charge in [-0.2, -0.15) is 4.98 Å². The molecule has 6 nitrogen and oxygen atoms in total. The summed E-state index contributed by atoms with van der Waals surface area (Å²) >= 11 is 0. The first kappa shape index (κ1) is 13.6. The number of aromatic nitrogens is 2. The number of carbonyl (C=O) groups is 1. The number of carbonyl (C=O) groups excluding carboxylic acids is 1. The number of hydrogen-bond acceptors (Lipinski definition) is 6. The lowest BCUT2D eigenvalue weighted by Gasteiger charge is -2.12. The predicted octanol–water partition coefficient (Wildman–Crippen LogP) is 1.02. The molecule has 1 aromatic rings. The zero-order valence-electron chi connectivity index (χ0n) is 10.6.